The van der Waals surface area contributed by atoms with E-state index in [1.165, 1.54) is 13.2 Å². The van der Waals surface area contributed by atoms with Crippen LogP contribution in [0.3, 0.4) is 0 Å². The standard InChI is InChI=1S/C19H17FN4O3S/c1-24-17(12-7-3-5-9-14(12)20)22-23-19(24)28-11-16(25)21-15-10-6-4-8-13(15)18(26)27-2/h3-10H,11H2,1-2H3,(H,21,25). The lowest BCUT2D eigenvalue weighted by atomic mass is 10.2. The fraction of sp³-hybridized carbons (Fsp3) is 0.158. The van der Waals surface area contributed by atoms with E-state index in [0.29, 0.717) is 22.2 Å². The largest absolute Gasteiger partial charge is 0.465 e. The number of ether oxygens (including phenoxy) is 1. The minimum absolute atomic E-state index is 0.0404. The normalized spacial score (nSPS) is 10.5. The van der Waals surface area contributed by atoms with Crippen LogP contribution in [0.4, 0.5) is 10.1 Å². The number of hydrogen-bond donors (Lipinski definition) is 1. The molecule has 0 aliphatic rings. The first kappa shape index (κ1) is 19.6. The summed E-state index contributed by atoms with van der Waals surface area (Å²) in [6.45, 7) is 0. The molecule has 1 heterocycles. The number of amides is 1. The van der Waals surface area contributed by atoms with E-state index >= 15 is 0 Å². The maximum absolute atomic E-state index is 14.0. The summed E-state index contributed by atoms with van der Waals surface area (Å²) in [5, 5.41) is 11.2. The topological polar surface area (TPSA) is 86.1 Å². The molecule has 0 spiro atoms. The number of nitrogens with one attached hydrogen (secondary N) is 1. The predicted molar refractivity (Wildman–Crippen MR) is 104 cm³/mol. The van der Waals surface area contributed by atoms with Crippen molar-refractivity contribution >= 4 is 29.3 Å². The highest BCUT2D eigenvalue weighted by Crippen LogP contribution is 2.25. The van der Waals surface area contributed by atoms with Gasteiger partial charge in [-0.1, -0.05) is 36.0 Å². The number of benzene rings is 2. The second-order valence-electron chi connectivity index (χ2n) is 5.72. The van der Waals surface area contributed by atoms with Crippen LogP contribution in [0.5, 0.6) is 0 Å². The van der Waals surface area contributed by atoms with Crippen LogP contribution in [0.15, 0.2) is 53.7 Å². The molecule has 0 aliphatic carbocycles. The Bertz CT molecular complexity index is 1020. The number of anilines is 1. The molecule has 28 heavy (non-hydrogen) atoms. The zero-order chi connectivity index (χ0) is 20.1. The molecular weight excluding hydrogens is 383 g/mol. The number of rotatable bonds is 6. The Hall–Kier alpha value is -3.20. The zero-order valence-corrected chi connectivity index (χ0v) is 16.0. The molecule has 0 aliphatic heterocycles. The molecule has 144 valence electrons. The average molecular weight is 400 g/mol. The number of nitrogens with zero attached hydrogens (tertiary/aromatic N) is 3. The first-order valence-corrected chi connectivity index (χ1v) is 9.24. The molecule has 9 heteroatoms. The lowest BCUT2D eigenvalue weighted by Gasteiger charge is -2.09. The van der Waals surface area contributed by atoms with Crippen molar-refractivity contribution in [2.24, 2.45) is 7.05 Å². The van der Waals surface area contributed by atoms with Gasteiger partial charge in [-0.15, -0.1) is 10.2 Å². The van der Waals surface area contributed by atoms with Crippen LogP contribution in [0.1, 0.15) is 10.4 Å². The Balaban J connectivity index is 1.68. The van der Waals surface area contributed by atoms with Gasteiger partial charge in [0.1, 0.15) is 5.82 Å². The lowest BCUT2D eigenvalue weighted by Crippen LogP contribution is -2.17. The van der Waals surface area contributed by atoms with Gasteiger partial charge in [-0.2, -0.15) is 0 Å². The first-order chi connectivity index (χ1) is 13.5. The Labute approximate surface area is 164 Å². The van der Waals surface area contributed by atoms with Crippen LogP contribution in [-0.4, -0.2) is 39.5 Å². The van der Waals surface area contributed by atoms with E-state index in [2.05, 4.69) is 15.5 Å². The summed E-state index contributed by atoms with van der Waals surface area (Å²) >= 11 is 1.15. The highest BCUT2D eigenvalue weighted by atomic mass is 32.2. The highest BCUT2D eigenvalue weighted by molar-refractivity contribution is 7.99. The van der Waals surface area contributed by atoms with Crippen LogP contribution in [0.25, 0.3) is 11.4 Å². The van der Waals surface area contributed by atoms with Crippen LogP contribution < -0.4 is 5.32 Å². The van der Waals surface area contributed by atoms with Gasteiger partial charge >= 0.3 is 5.97 Å². The summed E-state index contributed by atoms with van der Waals surface area (Å²) in [6.07, 6.45) is 0. The van der Waals surface area contributed by atoms with Crippen LogP contribution in [0.2, 0.25) is 0 Å². The van der Waals surface area contributed by atoms with Crippen molar-refractivity contribution in [1.82, 2.24) is 14.8 Å². The molecule has 0 atom stereocenters. The minimum atomic E-state index is -0.536. The molecule has 3 aromatic rings. The molecule has 1 N–H and O–H groups in total. The second kappa shape index (κ2) is 8.66. The number of esters is 1. The maximum atomic E-state index is 14.0. The van der Waals surface area contributed by atoms with Gasteiger partial charge in [0, 0.05) is 7.05 Å². The van der Waals surface area contributed by atoms with Gasteiger partial charge in [-0.25, -0.2) is 9.18 Å². The van der Waals surface area contributed by atoms with E-state index in [4.69, 9.17) is 4.74 Å². The zero-order valence-electron chi connectivity index (χ0n) is 15.2. The number of aromatic nitrogens is 3. The SMILES string of the molecule is COC(=O)c1ccccc1NC(=O)CSc1nnc(-c2ccccc2F)n1C. The fourth-order valence-electron chi connectivity index (χ4n) is 2.51. The van der Waals surface area contributed by atoms with E-state index in [0.717, 1.165) is 11.8 Å². The van der Waals surface area contributed by atoms with Gasteiger partial charge in [0.15, 0.2) is 11.0 Å². The molecule has 0 radical (unpaired) electrons. The van der Waals surface area contributed by atoms with Gasteiger partial charge in [0.25, 0.3) is 0 Å². The monoisotopic (exact) mass is 400 g/mol. The van der Waals surface area contributed by atoms with Crippen LogP contribution in [-0.2, 0) is 16.6 Å². The van der Waals surface area contributed by atoms with Gasteiger partial charge in [-0.3, -0.25) is 4.79 Å². The van der Waals surface area contributed by atoms with E-state index in [-0.39, 0.29) is 17.2 Å². The molecule has 0 fully saturated rings. The third-order valence-corrected chi connectivity index (χ3v) is 4.91. The number of halogens is 1. The number of hydrogen-bond acceptors (Lipinski definition) is 6. The van der Waals surface area contributed by atoms with Crippen molar-refractivity contribution in [2.45, 2.75) is 5.16 Å². The summed E-state index contributed by atoms with van der Waals surface area (Å²) in [5.74, 6) is -0.842. The fourth-order valence-corrected chi connectivity index (χ4v) is 3.23. The molecule has 0 saturated heterocycles. The van der Waals surface area contributed by atoms with Crippen LogP contribution >= 0.6 is 11.8 Å². The molecule has 3 rings (SSSR count). The van der Waals surface area contributed by atoms with Crippen molar-refractivity contribution in [3.63, 3.8) is 0 Å². The Morgan fingerprint density at radius 3 is 2.61 bits per heavy atom. The molecule has 1 aromatic heterocycles. The number of methoxy groups -OCH3 is 1. The molecular formula is C19H17FN4O3S. The van der Waals surface area contributed by atoms with E-state index < -0.39 is 11.8 Å². The number of carbonyl (C=O) groups excluding carboxylic acids is 2. The maximum Gasteiger partial charge on any atom is 0.339 e. The minimum Gasteiger partial charge on any atom is -0.465 e. The van der Waals surface area contributed by atoms with Crippen LogP contribution in [0, 0.1) is 5.82 Å². The summed E-state index contributed by atoms with van der Waals surface area (Å²) in [6, 6.07) is 12.9. The molecule has 0 bridgehead atoms. The van der Waals surface area contributed by atoms with E-state index in [1.54, 1.807) is 54.1 Å². The summed E-state index contributed by atoms with van der Waals surface area (Å²) in [5.41, 5.74) is 0.967. The summed E-state index contributed by atoms with van der Waals surface area (Å²) < 4.78 is 20.3. The van der Waals surface area contributed by atoms with E-state index in [9.17, 15) is 14.0 Å². The Kier molecular flexibility index (Phi) is 6.05. The number of thioether (sulfide) groups is 1. The third-order valence-electron chi connectivity index (χ3n) is 3.89. The van der Waals surface area contributed by atoms with Crippen molar-refractivity contribution in [2.75, 3.05) is 18.2 Å². The lowest BCUT2D eigenvalue weighted by molar-refractivity contribution is -0.113. The third kappa shape index (κ3) is 4.20. The van der Waals surface area contributed by atoms with Gasteiger partial charge < -0.3 is 14.6 Å². The van der Waals surface area contributed by atoms with Gasteiger partial charge in [0.2, 0.25) is 5.91 Å². The molecule has 2 aromatic carbocycles. The number of carbonyl (C=O) groups is 2. The Morgan fingerprint density at radius 1 is 1.14 bits per heavy atom. The average Bonchev–Trinajstić information content (AvgIpc) is 3.07. The van der Waals surface area contributed by atoms with Crippen molar-refractivity contribution in [3.05, 3.63) is 59.9 Å². The first-order valence-electron chi connectivity index (χ1n) is 8.25. The molecule has 0 saturated carbocycles. The molecule has 1 amide bonds. The molecule has 0 unspecified atom stereocenters. The van der Waals surface area contributed by atoms with Gasteiger partial charge in [0.05, 0.1) is 29.7 Å². The summed E-state index contributed by atoms with van der Waals surface area (Å²) in [4.78, 5) is 24.1. The predicted octanol–water partition coefficient (Wildman–Crippen LogP) is 3.14. The van der Waals surface area contributed by atoms with Crippen molar-refractivity contribution in [1.29, 1.82) is 0 Å². The quantitative estimate of drug-likeness (QED) is 0.505. The smallest absolute Gasteiger partial charge is 0.339 e. The Morgan fingerprint density at radius 2 is 1.86 bits per heavy atom. The van der Waals surface area contributed by atoms with Crippen molar-refractivity contribution in [3.8, 4) is 11.4 Å². The van der Waals surface area contributed by atoms with E-state index in [1.807, 2.05) is 0 Å². The molecule has 7 nitrogen and oxygen atoms in total. The highest BCUT2D eigenvalue weighted by Gasteiger charge is 2.17. The summed E-state index contributed by atoms with van der Waals surface area (Å²) in [7, 11) is 2.98. The second-order valence-corrected chi connectivity index (χ2v) is 6.66. The van der Waals surface area contributed by atoms with Crippen molar-refractivity contribution < 1.29 is 18.7 Å². The van der Waals surface area contributed by atoms with Gasteiger partial charge in [-0.05, 0) is 24.3 Å². The number of para-hydroxylation sites is 1.